The number of thioether (sulfide) groups is 2. The van der Waals surface area contributed by atoms with E-state index in [4.69, 9.17) is 11.6 Å². The zero-order valence-corrected chi connectivity index (χ0v) is 16.0. The van der Waals surface area contributed by atoms with Crippen molar-refractivity contribution in [3.8, 4) is 0 Å². The van der Waals surface area contributed by atoms with E-state index >= 15 is 0 Å². The molecule has 0 amide bonds. The lowest BCUT2D eigenvalue weighted by Crippen LogP contribution is -2.29. The SMILES string of the molecule is CS/C(=C\[N+](=O)[O-])SCCN(Cc1ccc(Cl)nc1)CC(C)C. The number of hydrogen-bond donors (Lipinski definition) is 0. The van der Waals surface area contributed by atoms with Crippen molar-refractivity contribution < 1.29 is 4.92 Å². The predicted molar refractivity (Wildman–Crippen MR) is 100 cm³/mol. The van der Waals surface area contributed by atoms with Crippen LogP contribution in [0.1, 0.15) is 19.4 Å². The normalized spacial score (nSPS) is 12.2. The van der Waals surface area contributed by atoms with Gasteiger partial charge in [-0.15, -0.1) is 23.5 Å². The standard InChI is InChI=1S/C15H22ClN3O2S2/c1-12(2)9-18(10-13-4-5-14(16)17-8-13)6-7-23-15(22-3)11-19(20)21/h4-5,8,11-12H,6-7,9-10H2,1-3H3/b15-11+. The molecule has 0 aromatic carbocycles. The average molecular weight is 376 g/mol. The van der Waals surface area contributed by atoms with Gasteiger partial charge < -0.3 is 0 Å². The van der Waals surface area contributed by atoms with Crippen molar-refractivity contribution in [2.24, 2.45) is 5.92 Å². The summed E-state index contributed by atoms with van der Waals surface area (Å²) in [6, 6.07) is 3.78. The molecule has 5 nitrogen and oxygen atoms in total. The van der Waals surface area contributed by atoms with Crippen molar-refractivity contribution >= 4 is 35.1 Å². The van der Waals surface area contributed by atoms with E-state index in [0.717, 1.165) is 41.4 Å². The number of aromatic nitrogens is 1. The van der Waals surface area contributed by atoms with E-state index < -0.39 is 4.92 Å². The first-order valence-corrected chi connectivity index (χ1v) is 9.84. The zero-order chi connectivity index (χ0) is 17.2. The van der Waals surface area contributed by atoms with Crippen molar-refractivity contribution in [2.75, 3.05) is 25.1 Å². The summed E-state index contributed by atoms with van der Waals surface area (Å²) in [5, 5.41) is 11.0. The van der Waals surface area contributed by atoms with Crippen LogP contribution in [-0.2, 0) is 6.54 Å². The van der Waals surface area contributed by atoms with E-state index in [2.05, 4.69) is 23.7 Å². The van der Waals surface area contributed by atoms with Gasteiger partial charge in [0.1, 0.15) is 9.39 Å². The second-order valence-corrected chi connectivity index (χ2v) is 8.03. The van der Waals surface area contributed by atoms with Crippen molar-refractivity contribution in [1.82, 2.24) is 9.88 Å². The summed E-state index contributed by atoms with van der Waals surface area (Å²) in [5.74, 6) is 1.36. The molecule has 0 saturated heterocycles. The van der Waals surface area contributed by atoms with E-state index in [-0.39, 0.29) is 0 Å². The Morgan fingerprint density at radius 2 is 2.26 bits per heavy atom. The van der Waals surface area contributed by atoms with Gasteiger partial charge in [0.25, 0.3) is 6.20 Å². The number of hydrogen-bond acceptors (Lipinski definition) is 6. The molecule has 0 radical (unpaired) electrons. The second-order valence-electron chi connectivity index (χ2n) is 5.40. The lowest BCUT2D eigenvalue weighted by molar-refractivity contribution is -0.402. The molecule has 0 N–H and O–H groups in total. The molecule has 0 aliphatic rings. The maximum atomic E-state index is 10.6. The Morgan fingerprint density at radius 1 is 1.52 bits per heavy atom. The Kier molecular flexibility index (Phi) is 9.62. The van der Waals surface area contributed by atoms with E-state index in [1.165, 1.54) is 23.5 Å². The molecule has 1 rings (SSSR count). The lowest BCUT2D eigenvalue weighted by atomic mass is 10.2. The van der Waals surface area contributed by atoms with Gasteiger partial charge in [0.05, 0.1) is 4.92 Å². The summed E-state index contributed by atoms with van der Waals surface area (Å²) >= 11 is 8.75. The van der Waals surface area contributed by atoms with Gasteiger partial charge in [0.15, 0.2) is 0 Å². The number of pyridine rings is 1. The van der Waals surface area contributed by atoms with Crippen LogP contribution in [0, 0.1) is 16.0 Å². The van der Waals surface area contributed by atoms with Crippen LogP contribution in [0.2, 0.25) is 5.15 Å². The zero-order valence-electron chi connectivity index (χ0n) is 13.6. The molecule has 1 aromatic heterocycles. The van der Waals surface area contributed by atoms with Crippen LogP contribution in [0.15, 0.2) is 28.8 Å². The van der Waals surface area contributed by atoms with Crippen LogP contribution in [0.4, 0.5) is 0 Å². The van der Waals surface area contributed by atoms with Crippen LogP contribution in [0.25, 0.3) is 0 Å². The Morgan fingerprint density at radius 3 is 2.78 bits per heavy atom. The Hall–Kier alpha value is -0.760. The first-order valence-electron chi connectivity index (χ1n) is 7.25. The van der Waals surface area contributed by atoms with Crippen LogP contribution in [0.5, 0.6) is 0 Å². The largest absolute Gasteiger partial charge is 0.298 e. The Labute approximate surface area is 151 Å². The molecule has 0 atom stereocenters. The first-order chi connectivity index (χ1) is 10.9. The molecule has 1 aromatic rings. The highest BCUT2D eigenvalue weighted by Crippen LogP contribution is 2.26. The number of rotatable bonds is 10. The summed E-state index contributed by atoms with van der Waals surface area (Å²) in [7, 11) is 0. The molecule has 0 spiro atoms. The van der Waals surface area contributed by atoms with Gasteiger partial charge >= 0.3 is 0 Å². The first kappa shape index (κ1) is 20.3. The highest BCUT2D eigenvalue weighted by atomic mass is 35.5. The molecule has 0 fully saturated rings. The molecule has 8 heteroatoms. The minimum absolute atomic E-state index is 0.399. The molecular formula is C15H22ClN3O2S2. The Bertz CT molecular complexity index is 524. The van der Waals surface area contributed by atoms with Crippen molar-refractivity contribution in [3.63, 3.8) is 0 Å². The van der Waals surface area contributed by atoms with E-state index in [1.807, 2.05) is 12.3 Å². The third-order valence-corrected chi connectivity index (χ3v) is 5.24. The van der Waals surface area contributed by atoms with Crippen molar-refractivity contribution in [3.05, 3.63) is 49.6 Å². The molecule has 1 heterocycles. The average Bonchev–Trinajstić information content (AvgIpc) is 2.47. The van der Waals surface area contributed by atoms with Gasteiger partial charge in [0.2, 0.25) is 0 Å². The summed E-state index contributed by atoms with van der Waals surface area (Å²) in [5.41, 5.74) is 1.12. The maximum Gasteiger partial charge on any atom is 0.254 e. The van der Waals surface area contributed by atoms with E-state index in [0.29, 0.717) is 11.1 Å². The minimum Gasteiger partial charge on any atom is -0.298 e. The third kappa shape index (κ3) is 9.20. The van der Waals surface area contributed by atoms with Gasteiger partial charge in [0, 0.05) is 31.6 Å². The summed E-state index contributed by atoms with van der Waals surface area (Å²) < 4.78 is 0.729. The van der Waals surface area contributed by atoms with Gasteiger partial charge in [-0.2, -0.15) is 0 Å². The van der Waals surface area contributed by atoms with Crippen LogP contribution in [0.3, 0.4) is 0 Å². The Balaban J connectivity index is 2.57. The van der Waals surface area contributed by atoms with Crippen LogP contribution in [-0.4, -0.2) is 39.9 Å². The highest BCUT2D eigenvalue weighted by Gasteiger charge is 2.10. The fourth-order valence-electron chi connectivity index (χ4n) is 2.02. The molecule has 0 unspecified atom stereocenters. The quantitative estimate of drug-likeness (QED) is 0.344. The van der Waals surface area contributed by atoms with E-state index in [1.54, 1.807) is 12.3 Å². The van der Waals surface area contributed by atoms with Gasteiger partial charge in [-0.05, 0) is 23.8 Å². The monoisotopic (exact) mass is 375 g/mol. The number of halogens is 1. The van der Waals surface area contributed by atoms with Crippen molar-refractivity contribution in [1.29, 1.82) is 0 Å². The molecule has 0 bridgehead atoms. The molecular weight excluding hydrogens is 354 g/mol. The lowest BCUT2D eigenvalue weighted by Gasteiger charge is -2.24. The topological polar surface area (TPSA) is 59.3 Å². The highest BCUT2D eigenvalue weighted by molar-refractivity contribution is 8.21. The van der Waals surface area contributed by atoms with Gasteiger partial charge in [-0.3, -0.25) is 15.0 Å². The van der Waals surface area contributed by atoms with Crippen LogP contribution < -0.4 is 0 Å². The molecule has 0 aliphatic carbocycles. The molecule has 0 saturated carbocycles. The fraction of sp³-hybridized carbons (Fsp3) is 0.533. The minimum atomic E-state index is -0.399. The molecule has 23 heavy (non-hydrogen) atoms. The maximum absolute atomic E-state index is 10.6. The molecule has 0 aliphatic heterocycles. The summed E-state index contributed by atoms with van der Waals surface area (Å²) in [6.45, 7) is 6.99. The van der Waals surface area contributed by atoms with Gasteiger partial charge in [-0.25, -0.2) is 4.98 Å². The van der Waals surface area contributed by atoms with Crippen molar-refractivity contribution in [2.45, 2.75) is 20.4 Å². The van der Waals surface area contributed by atoms with Gasteiger partial charge in [-0.1, -0.05) is 31.5 Å². The fourth-order valence-corrected chi connectivity index (χ4v) is 3.76. The smallest absolute Gasteiger partial charge is 0.254 e. The second kappa shape index (κ2) is 10.9. The third-order valence-electron chi connectivity index (χ3n) is 2.88. The number of nitrogens with zero attached hydrogens (tertiary/aromatic N) is 3. The van der Waals surface area contributed by atoms with E-state index in [9.17, 15) is 10.1 Å². The number of nitro groups is 1. The summed E-state index contributed by atoms with van der Waals surface area (Å²) in [4.78, 5) is 16.6. The summed E-state index contributed by atoms with van der Waals surface area (Å²) in [6.07, 6.45) is 4.72. The van der Waals surface area contributed by atoms with Crippen LogP contribution >= 0.6 is 35.1 Å². The molecule has 128 valence electrons. The predicted octanol–water partition coefficient (Wildman–Crippen LogP) is 4.36.